The van der Waals surface area contributed by atoms with Crippen molar-refractivity contribution in [2.45, 2.75) is 26.2 Å². The van der Waals surface area contributed by atoms with Crippen LogP contribution in [0.4, 0.5) is 49.1 Å². The van der Waals surface area contributed by atoms with Gasteiger partial charge in [-0.2, -0.15) is 26.3 Å². The first kappa shape index (κ1) is 42.1. The molecule has 2 aromatic heterocycles. The van der Waals surface area contributed by atoms with Crippen molar-refractivity contribution in [1.82, 2.24) is 10.3 Å². The van der Waals surface area contributed by atoms with E-state index in [0.29, 0.717) is 37.7 Å². The number of hydrogen-bond acceptors (Lipinski definition) is 11. The molecule has 324 valence electrons. The zero-order valence-electron chi connectivity index (χ0n) is 34.2. The maximum Gasteiger partial charge on any atom is 0.418 e. The molecule has 2 saturated heterocycles. The molecule has 4 aromatic carbocycles. The summed E-state index contributed by atoms with van der Waals surface area (Å²) >= 11 is 0. The van der Waals surface area contributed by atoms with Gasteiger partial charge in [0.05, 0.1) is 47.8 Å². The Balaban J connectivity index is 1.17. The Morgan fingerprint density at radius 3 is 1.26 bits per heavy atom. The third-order valence-corrected chi connectivity index (χ3v) is 11.4. The fourth-order valence-corrected chi connectivity index (χ4v) is 8.37. The summed E-state index contributed by atoms with van der Waals surface area (Å²) in [6.07, 6.45) is -9.56. The Kier molecular flexibility index (Phi) is 11.3. The predicted octanol–water partition coefficient (Wildman–Crippen LogP) is 9.55. The lowest BCUT2D eigenvalue weighted by Gasteiger charge is -2.39. The number of methoxy groups -OCH3 is 2. The number of alkyl halides is 6. The van der Waals surface area contributed by atoms with Crippen LogP contribution in [0.15, 0.2) is 94.0 Å². The van der Waals surface area contributed by atoms with Gasteiger partial charge in [-0.15, -0.1) is 0 Å². The Bertz CT molecular complexity index is 2410. The molecule has 0 aliphatic carbocycles. The average molecular weight is 861 g/mol. The summed E-state index contributed by atoms with van der Waals surface area (Å²) in [6.45, 7) is 5.17. The molecule has 6 aromatic rings. The second kappa shape index (κ2) is 16.7. The topological polar surface area (TPSA) is 101 Å². The van der Waals surface area contributed by atoms with Gasteiger partial charge in [-0.25, -0.2) is 0 Å². The molecule has 0 N–H and O–H groups in total. The van der Waals surface area contributed by atoms with Crippen LogP contribution in [0.3, 0.4) is 0 Å². The number of aromatic nitrogens is 2. The lowest BCUT2D eigenvalue weighted by Crippen LogP contribution is -2.47. The number of anilines is 4. The first-order valence-corrected chi connectivity index (χ1v) is 19.8. The van der Waals surface area contributed by atoms with Gasteiger partial charge >= 0.3 is 12.4 Å². The highest BCUT2D eigenvalue weighted by atomic mass is 19.4. The Morgan fingerprint density at radius 2 is 0.903 bits per heavy atom. The molecule has 0 saturated carbocycles. The molecular formula is C45H42F6N6O5. The van der Waals surface area contributed by atoms with Crippen LogP contribution in [-0.4, -0.2) is 82.7 Å². The monoisotopic (exact) mass is 860 g/mol. The SMILES string of the molecule is COc1cccc(N2CCN(c3c(-c4noc(C)c4C(=O)c4c(-c5cccc(C(F)(F)F)c5N5CCN(c6cccc(OC)c6)CC5)noc4C)cccc3C(F)(F)F)CC2)c1. The molecular weight excluding hydrogens is 819 g/mol. The van der Waals surface area contributed by atoms with Gasteiger partial charge in [-0.1, -0.05) is 46.7 Å². The van der Waals surface area contributed by atoms with Gasteiger partial charge in [0.15, 0.2) is 0 Å². The average Bonchev–Trinajstić information content (AvgIpc) is 3.87. The van der Waals surface area contributed by atoms with E-state index in [2.05, 4.69) is 10.3 Å². The summed E-state index contributed by atoms with van der Waals surface area (Å²) < 4.78 is 111. The summed E-state index contributed by atoms with van der Waals surface area (Å²) in [4.78, 5) is 22.3. The fraction of sp³-hybridized carbons (Fsp3) is 0.311. The summed E-state index contributed by atoms with van der Waals surface area (Å²) in [5, 5.41) is 8.31. The lowest BCUT2D eigenvalue weighted by molar-refractivity contribution is -0.137. The van der Waals surface area contributed by atoms with Crippen molar-refractivity contribution < 1.29 is 49.7 Å². The lowest BCUT2D eigenvalue weighted by atomic mass is 9.92. The number of aryl methyl sites for hydroxylation is 2. The van der Waals surface area contributed by atoms with Crippen molar-refractivity contribution in [2.75, 3.05) is 86.2 Å². The molecule has 11 nitrogen and oxygen atoms in total. The van der Waals surface area contributed by atoms with Gasteiger partial charge in [-0.05, 0) is 50.2 Å². The third-order valence-electron chi connectivity index (χ3n) is 11.4. The maximum atomic E-state index is 14.9. The normalized spacial score (nSPS) is 15.0. The van der Waals surface area contributed by atoms with Gasteiger partial charge in [0.25, 0.3) is 0 Å². The van der Waals surface area contributed by atoms with Gasteiger partial charge < -0.3 is 38.1 Å². The van der Waals surface area contributed by atoms with Crippen LogP contribution >= 0.6 is 0 Å². The second-order valence-electron chi connectivity index (χ2n) is 15.0. The van der Waals surface area contributed by atoms with Crippen LogP contribution in [0.5, 0.6) is 11.5 Å². The predicted molar refractivity (Wildman–Crippen MR) is 222 cm³/mol. The number of ketones is 1. The number of hydrogen-bond donors (Lipinski definition) is 0. The van der Waals surface area contributed by atoms with Crippen LogP contribution in [-0.2, 0) is 12.4 Å². The van der Waals surface area contributed by atoms with Crippen molar-refractivity contribution in [3.8, 4) is 34.0 Å². The number of nitrogens with zero attached hydrogens (tertiary/aromatic N) is 6. The van der Waals surface area contributed by atoms with Crippen LogP contribution in [0.25, 0.3) is 22.5 Å². The highest BCUT2D eigenvalue weighted by molar-refractivity contribution is 6.17. The summed E-state index contributed by atoms with van der Waals surface area (Å²) in [6, 6.07) is 22.1. The largest absolute Gasteiger partial charge is 0.497 e. The highest BCUT2D eigenvalue weighted by Crippen LogP contribution is 2.47. The molecule has 8 rings (SSSR count). The molecule has 4 heterocycles. The minimum atomic E-state index is -4.78. The van der Waals surface area contributed by atoms with Crippen LogP contribution in [0, 0.1) is 13.8 Å². The zero-order valence-corrected chi connectivity index (χ0v) is 34.2. The smallest absolute Gasteiger partial charge is 0.418 e. The molecule has 0 atom stereocenters. The van der Waals surface area contributed by atoms with Crippen LogP contribution in [0.1, 0.15) is 38.6 Å². The second-order valence-corrected chi connectivity index (χ2v) is 15.0. The number of halogens is 6. The van der Waals surface area contributed by atoms with Crippen LogP contribution < -0.4 is 29.1 Å². The fourth-order valence-electron chi connectivity index (χ4n) is 8.37. The first-order valence-electron chi connectivity index (χ1n) is 19.8. The van der Waals surface area contributed by atoms with E-state index in [1.807, 2.05) is 46.2 Å². The molecule has 17 heteroatoms. The molecule has 0 spiro atoms. The molecule has 2 aliphatic heterocycles. The summed E-state index contributed by atoms with van der Waals surface area (Å²) in [5.41, 5.74) is -1.16. The molecule has 2 aliphatic rings. The number of para-hydroxylation sites is 2. The van der Waals surface area contributed by atoms with E-state index >= 15 is 0 Å². The van der Waals surface area contributed by atoms with Crippen molar-refractivity contribution >= 4 is 28.5 Å². The number of carbonyl (C=O) groups excluding carboxylic acids is 1. The molecule has 0 amide bonds. The summed E-state index contributed by atoms with van der Waals surface area (Å²) in [5.74, 6) is 0.477. The van der Waals surface area contributed by atoms with E-state index in [4.69, 9.17) is 18.5 Å². The van der Waals surface area contributed by atoms with Gasteiger partial charge in [0, 0.05) is 87.0 Å². The Morgan fingerprint density at radius 1 is 0.548 bits per heavy atom. The molecule has 2 fully saturated rings. The molecule has 0 bridgehead atoms. The van der Waals surface area contributed by atoms with E-state index in [9.17, 15) is 31.1 Å². The standard InChI is InChI=1S/C45H42F6N6O5/c1-27-37(39(52-61-27)33-13-7-15-35(44(46,47)48)41(33)56-21-17-54(18-22-56)29-9-5-11-31(25-29)59-3)43(58)38-28(2)62-53-40(38)34-14-8-16-36(45(49,50)51)42(34)57-23-19-55(20-24-57)30-10-6-12-32(26-30)60-4/h5-16,25-26H,17-24H2,1-4H3. The number of ether oxygens (including phenoxy) is 2. The quantitative estimate of drug-likeness (QED) is 0.0973. The first-order chi connectivity index (χ1) is 29.7. The van der Waals surface area contributed by atoms with Crippen LogP contribution in [0.2, 0.25) is 0 Å². The number of carbonyl (C=O) groups is 1. The Hall–Kier alpha value is -6.65. The number of benzene rings is 4. The number of piperazine rings is 2. The molecule has 0 radical (unpaired) electrons. The molecule has 0 unspecified atom stereocenters. The van der Waals surface area contributed by atoms with E-state index in [-0.39, 0.29) is 82.7 Å². The summed E-state index contributed by atoms with van der Waals surface area (Å²) in [7, 11) is 3.11. The van der Waals surface area contributed by atoms with Crippen molar-refractivity contribution in [2.24, 2.45) is 0 Å². The minimum absolute atomic E-state index is 0.000762. The third kappa shape index (κ3) is 7.98. The van der Waals surface area contributed by atoms with E-state index in [1.54, 1.807) is 36.2 Å². The highest BCUT2D eigenvalue weighted by Gasteiger charge is 2.41. The van der Waals surface area contributed by atoms with E-state index in [0.717, 1.165) is 23.5 Å². The van der Waals surface area contributed by atoms with Gasteiger partial charge in [-0.3, -0.25) is 4.79 Å². The van der Waals surface area contributed by atoms with Crippen molar-refractivity contribution in [1.29, 1.82) is 0 Å². The molecule has 62 heavy (non-hydrogen) atoms. The minimum Gasteiger partial charge on any atom is -0.497 e. The Labute approximate surface area is 353 Å². The zero-order chi connectivity index (χ0) is 43.9. The maximum absolute atomic E-state index is 14.9. The number of rotatable bonds is 10. The van der Waals surface area contributed by atoms with E-state index < -0.39 is 29.3 Å². The van der Waals surface area contributed by atoms with Crippen molar-refractivity contribution in [3.05, 3.63) is 119 Å². The van der Waals surface area contributed by atoms with Gasteiger partial charge in [0.1, 0.15) is 34.4 Å². The van der Waals surface area contributed by atoms with Crippen molar-refractivity contribution in [3.63, 3.8) is 0 Å². The van der Waals surface area contributed by atoms with Gasteiger partial charge in [0.2, 0.25) is 5.78 Å². The van der Waals surface area contributed by atoms with E-state index in [1.165, 1.54) is 38.1 Å².